The monoisotopic (exact) mass is 290 g/mol. The van der Waals surface area contributed by atoms with Crippen molar-refractivity contribution in [3.63, 3.8) is 0 Å². The highest BCUT2D eigenvalue weighted by Crippen LogP contribution is 2.25. The Bertz CT molecular complexity index is 500. The molecule has 2 rings (SSSR count). The number of benzene rings is 1. The first-order valence-electron chi connectivity index (χ1n) is 7.66. The zero-order chi connectivity index (χ0) is 15.4. The zero-order valence-corrected chi connectivity index (χ0v) is 13.6. The summed E-state index contributed by atoms with van der Waals surface area (Å²) >= 11 is 0. The van der Waals surface area contributed by atoms with Gasteiger partial charge < -0.3 is 9.64 Å². The van der Waals surface area contributed by atoms with Gasteiger partial charge in [0.2, 0.25) is 0 Å². The topological polar surface area (TPSA) is 32.8 Å². The van der Waals surface area contributed by atoms with E-state index < -0.39 is 0 Å². The molecule has 0 aromatic heterocycles. The van der Waals surface area contributed by atoms with Crippen molar-refractivity contribution in [1.29, 1.82) is 0 Å². The maximum Gasteiger partial charge on any atom is 0.159 e. The molecule has 1 aromatic rings. The maximum atomic E-state index is 11.6. The Hall–Kier alpha value is -1.39. The minimum absolute atomic E-state index is 0.104. The second-order valence-corrected chi connectivity index (χ2v) is 5.95. The van der Waals surface area contributed by atoms with E-state index in [4.69, 9.17) is 4.74 Å². The first kappa shape index (κ1) is 16.0. The van der Waals surface area contributed by atoms with Crippen LogP contribution < -0.4 is 4.74 Å². The molecule has 1 saturated heterocycles. The van der Waals surface area contributed by atoms with Crippen LogP contribution in [0.5, 0.6) is 5.75 Å². The second-order valence-electron chi connectivity index (χ2n) is 5.95. The fraction of sp³-hybridized carbons (Fsp3) is 0.588. The number of carbonyl (C=O) groups is 1. The molecule has 4 heteroatoms. The van der Waals surface area contributed by atoms with E-state index in [1.165, 1.54) is 6.42 Å². The van der Waals surface area contributed by atoms with E-state index in [0.717, 1.165) is 36.5 Å². The number of hydrogen-bond donors (Lipinski definition) is 0. The number of ether oxygens (including phenoxy) is 1. The summed E-state index contributed by atoms with van der Waals surface area (Å²) in [6.07, 6.45) is 1.20. The number of nitrogens with zero attached hydrogens (tertiary/aromatic N) is 2. The van der Waals surface area contributed by atoms with Crippen molar-refractivity contribution in [1.82, 2.24) is 9.80 Å². The smallest absolute Gasteiger partial charge is 0.159 e. The normalized spacial score (nSPS) is 19.2. The van der Waals surface area contributed by atoms with Crippen molar-refractivity contribution in [2.45, 2.75) is 32.9 Å². The first-order valence-corrected chi connectivity index (χ1v) is 7.66. The van der Waals surface area contributed by atoms with E-state index in [1.807, 2.05) is 25.1 Å². The number of ketones is 1. The molecule has 21 heavy (non-hydrogen) atoms. The van der Waals surface area contributed by atoms with Crippen molar-refractivity contribution in [2.75, 3.05) is 33.8 Å². The Kier molecular flexibility index (Phi) is 5.37. The summed E-state index contributed by atoms with van der Waals surface area (Å²) in [6, 6.07) is 6.38. The van der Waals surface area contributed by atoms with Crippen LogP contribution in [0.15, 0.2) is 18.2 Å². The average Bonchev–Trinajstić information content (AvgIpc) is 2.89. The lowest BCUT2D eigenvalue weighted by Crippen LogP contribution is -2.31. The van der Waals surface area contributed by atoms with E-state index in [-0.39, 0.29) is 5.78 Å². The molecule has 1 aliphatic heterocycles. The molecule has 1 fully saturated rings. The van der Waals surface area contributed by atoms with Crippen LogP contribution in [0.3, 0.4) is 0 Å². The van der Waals surface area contributed by atoms with E-state index in [2.05, 4.69) is 23.9 Å². The van der Waals surface area contributed by atoms with E-state index in [0.29, 0.717) is 12.6 Å². The molecule has 0 saturated carbocycles. The minimum Gasteiger partial charge on any atom is -0.494 e. The van der Waals surface area contributed by atoms with Crippen molar-refractivity contribution >= 4 is 5.78 Å². The molecule has 0 amide bonds. The number of likely N-dealkylation sites (N-methyl/N-ethyl adjacent to an activating group) is 1. The SMILES string of the molecule is CCOc1ccc(C(C)=O)cc1CN1CCC(N(C)C)C1. The zero-order valence-electron chi connectivity index (χ0n) is 13.6. The van der Waals surface area contributed by atoms with Gasteiger partial charge in [0, 0.05) is 36.8 Å². The van der Waals surface area contributed by atoms with Gasteiger partial charge in [-0.15, -0.1) is 0 Å². The summed E-state index contributed by atoms with van der Waals surface area (Å²) < 4.78 is 5.71. The Balaban J connectivity index is 2.13. The average molecular weight is 290 g/mol. The van der Waals surface area contributed by atoms with E-state index >= 15 is 0 Å². The highest BCUT2D eigenvalue weighted by molar-refractivity contribution is 5.94. The second kappa shape index (κ2) is 7.05. The van der Waals surface area contributed by atoms with Gasteiger partial charge in [-0.05, 0) is 52.6 Å². The molecule has 1 atom stereocenters. The third kappa shape index (κ3) is 4.05. The van der Waals surface area contributed by atoms with E-state index in [1.54, 1.807) is 6.92 Å². The van der Waals surface area contributed by atoms with Gasteiger partial charge in [-0.3, -0.25) is 9.69 Å². The summed E-state index contributed by atoms with van der Waals surface area (Å²) in [4.78, 5) is 16.3. The van der Waals surface area contributed by atoms with Crippen molar-refractivity contribution in [3.05, 3.63) is 29.3 Å². The summed E-state index contributed by atoms with van der Waals surface area (Å²) in [5.41, 5.74) is 1.88. The minimum atomic E-state index is 0.104. The van der Waals surface area contributed by atoms with Crippen LogP contribution in [0.25, 0.3) is 0 Å². The van der Waals surface area contributed by atoms with Crippen LogP contribution in [0.4, 0.5) is 0 Å². The summed E-state index contributed by atoms with van der Waals surface area (Å²) in [7, 11) is 4.27. The quantitative estimate of drug-likeness (QED) is 0.753. The Labute approximate surface area is 127 Å². The molecular weight excluding hydrogens is 264 g/mol. The van der Waals surface area contributed by atoms with Gasteiger partial charge in [0.1, 0.15) is 5.75 Å². The van der Waals surface area contributed by atoms with E-state index in [9.17, 15) is 4.79 Å². The third-order valence-electron chi connectivity index (χ3n) is 4.14. The van der Waals surface area contributed by atoms with Crippen LogP contribution >= 0.6 is 0 Å². The predicted molar refractivity (Wildman–Crippen MR) is 85.0 cm³/mol. The maximum absolute atomic E-state index is 11.6. The molecule has 4 nitrogen and oxygen atoms in total. The molecule has 0 radical (unpaired) electrons. The molecular formula is C17H26N2O2. The Morgan fingerprint density at radius 2 is 2.19 bits per heavy atom. The van der Waals surface area contributed by atoms with Gasteiger partial charge in [0.25, 0.3) is 0 Å². The number of Topliss-reactive ketones (excluding diaryl/α,β-unsaturated/α-hetero) is 1. The fourth-order valence-electron chi connectivity index (χ4n) is 2.84. The largest absolute Gasteiger partial charge is 0.494 e. The molecule has 0 aliphatic carbocycles. The van der Waals surface area contributed by atoms with Crippen LogP contribution in [-0.4, -0.2) is 55.4 Å². The summed E-state index contributed by atoms with van der Waals surface area (Å²) in [5.74, 6) is 1.00. The lowest BCUT2D eigenvalue weighted by molar-refractivity contribution is 0.101. The Morgan fingerprint density at radius 3 is 2.76 bits per heavy atom. The number of rotatable bonds is 6. The van der Waals surface area contributed by atoms with Gasteiger partial charge in [-0.25, -0.2) is 0 Å². The molecule has 1 heterocycles. The van der Waals surface area contributed by atoms with Gasteiger partial charge in [-0.2, -0.15) is 0 Å². The lowest BCUT2D eigenvalue weighted by Gasteiger charge is -2.21. The predicted octanol–water partition coefficient (Wildman–Crippen LogP) is 2.42. The summed E-state index contributed by atoms with van der Waals surface area (Å²) in [6.45, 7) is 7.26. The highest BCUT2D eigenvalue weighted by Gasteiger charge is 2.24. The molecule has 0 N–H and O–H groups in total. The number of likely N-dealkylation sites (tertiary alicyclic amines) is 1. The lowest BCUT2D eigenvalue weighted by atomic mass is 10.1. The number of carbonyl (C=O) groups excluding carboxylic acids is 1. The van der Waals surface area contributed by atoms with Crippen molar-refractivity contribution in [3.8, 4) is 5.75 Å². The van der Waals surface area contributed by atoms with Crippen LogP contribution in [-0.2, 0) is 6.54 Å². The van der Waals surface area contributed by atoms with Gasteiger partial charge in [-0.1, -0.05) is 0 Å². The summed E-state index contributed by atoms with van der Waals surface area (Å²) in [5, 5.41) is 0. The van der Waals surface area contributed by atoms with Crippen LogP contribution in [0.2, 0.25) is 0 Å². The first-order chi connectivity index (χ1) is 10.0. The van der Waals surface area contributed by atoms with Crippen LogP contribution in [0.1, 0.15) is 36.2 Å². The van der Waals surface area contributed by atoms with Crippen LogP contribution in [0, 0.1) is 0 Å². The highest BCUT2D eigenvalue weighted by atomic mass is 16.5. The van der Waals surface area contributed by atoms with Gasteiger partial charge in [0.05, 0.1) is 6.61 Å². The molecule has 0 bridgehead atoms. The molecule has 0 spiro atoms. The fourth-order valence-corrected chi connectivity index (χ4v) is 2.84. The molecule has 1 aromatic carbocycles. The van der Waals surface area contributed by atoms with Gasteiger partial charge >= 0.3 is 0 Å². The van der Waals surface area contributed by atoms with Gasteiger partial charge in [0.15, 0.2) is 5.78 Å². The van der Waals surface area contributed by atoms with Crippen molar-refractivity contribution in [2.24, 2.45) is 0 Å². The number of hydrogen-bond acceptors (Lipinski definition) is 4. The molecule has 116 valence electrons. The standard InChI is InChI=1S/C17H26N2O2/c1-5-21-17-7-6-14(13(2)20)10-15(17)11-19-9-8-16(12-19)18(3)4/h6-7,10,16H,5,8-9,11-12H2,1-4H3. The Morgan fingerprint density at radius 1 is 1.43 bits per heavy atom. The van der Waals surface area contributed by atoms with Crippen molar-refractivity contribution < 1.29 is 9.53 Å². The molecule has 1 aliphatic rings. The molecule has 1 unspecified atom stereocenters. The third-order valence-corrected chi connectivity index (χ3v) is 4.14.